The molecule has 1 spiro atoms. The quantitative estimate of drug-likeness (QED) is 0.789. The molecule has 0 unspecified atom stereocenters. The van der Waals surface area contributed by atoms with Gasteiger partial charge in [-0.15, -0.1) is 0 Å². The summed E-state index contributed by atoms with van der Waals surface area (Å²) in [6, 6.07) is 7.39. The fourth-order valence-corrected chi connectivity index (χ4v) is 2.83. The number of likely N-dealkylation sites (tertiary alicyclic amines) is 1. The average molecular weight is 308 g/mol. The van der Waals surface area contributed by atoms with Gasteiger partial charge in [-0.3, -0.25) is 4.79 Å². The summed E-state index contributed by atoms with van der Waals surface area (Å²) in [6.45, 7) is 2.66. The van der Waals surface area contributed by atoms with Crippen LogP contribution in [0, 0.1) is 0 Å². The number of hydrogen-bond donors (Lipinski definition) is 0. The molecule has 21 heavy (non-hydrogen) atoms. The highest BCUT2D eigenvalue weighted by molar-refractivity contribution is 6.30. The van der Waals surface area contributed by atoms with Gasteiger partial charge in [-0.1, -0.05) is 23.7 Å². The molecule has 5 heteroatoms. The summed E-state index contributed by atoms with van der Waals surface area (Å²) < 4.78 is 11.3. The number of carbonyl (C=O) groups excluding carboxylic acids is 1. The summed E-state index contributed by atoms with van der Waals surface area (Å²) in [5.74, 6) is -0.408. The Hall–Kier alpha value is -1.36. The smallest absolute Gasteiger partial charge is 0.246 e. The molecule has 4 nitrogen and oxygen atoms in total. The lowest BCUT2D eigenvalue weighted by atomic mass is 10.0. The van der Waals surface area contributed by atoms with Gasteiger partial charge in [-0.2, -0.15) is 0 Å². The zero-order valence-electron chi connectivity index (χ0n) is 11.8. The molecule has 0 aromatic heterocycles. The van der Waals surface area contributed by atoms with Gasteiger partial charge in [0.05, 0.1) is 13.2 Å². The molecule has 2 aliphatic heterocycles. The Morgan fingerprint density at radius 1 is 1.14 bits per heavy atom. The lowest BCUT2D eigenvalue weighted by Crippen LogP contribution is -2.46. The molecule has 0 saturated carbocycles. The van der Waals surface area contributed by atoms with Crippen LogP contribution >= 0.6 is 11.6 Å². The van der Waals surface area contributed by atoms with E-state index in [9.17, 15) is 4.79 Å². The highest BCUT2D eigenvalue weighted by atomic mass is 35.5. The fourth-order valence-electron chi connectivity index (χ4n) is 2.70. The second kappa shape index (κ2) is 6.18. The van der Waals surface area contributed by atoms with Crippen LogP contribution in [0.1, 0.15) is 18.4 Å². The number of halogens is 1. The summed E-state index contributed by atoms with van der Waals surface area (Å²) in [5.41, 5.74) is 0.962. The summed E-state index contributed by atoms with van der Waals surface area (Å²) in [6.07, 6.45) is 4.91. The maximum atomic E-state index is 12.2. The van der Waals surface area contributed by atoms with Gasteiger partial charge in [0, 0.05) is 37.0 Å². The largest absolute Gasteiger partial charge is 0.347 e. The molecule has 2 heterocycles. The minimum Gasteiger partial charge on any atom is -0.347 e. The first-order valence-corrected chi connectivity index (χ1v) is 7.55. The minimum absolute atomic E-state index is 0.0257. The SMILES string of the molecule is O=C(/C=C/c1ccc(Cl)cc1)N1CCC2(CC1)OCCO2. The third kappa shape index (κ3) is 3.46. The Kier molecular flexibility index (Phi) is 4.29. The van der Waals surface area contributed by atoms with Crippen LogP contribution < -0.4 is 0 Å². The van der Waals surface area contributed by atoms with Crippen molar-refractivity contribution < 1.29 is 14.3 Å². The third-order valence-corrected chi connectivity index (χ3v) is 4.19. The van der Waals surface area contributed by atoms with Gasteiger partial charge in [0.1, 0.15) is 0 Å². The van der Waals surface area contributed by atoms with Gasteiger partial charge in [0.2, 0.25) is 5.91 Å². The normalized spacial score (nSPS) is 21.3. The minimum atomic E-state index is -0.434. The van der Waals surface area contributed by atoms with Crippen molar-refractivity contribution in [3.8, 4) is 0 Å². The van der Waals surface area contributed by atoms with Gasteiger partial charge >= 0.3 is 0 Å². The van der Waals surface area contributed by atoms with Gasteiger partial charge < -0.3 is 14.4 Å². The molecule has 1 aromatic carbocycles. The Balaban J connectivity index is 1.55. The van der Waals surface area contributed by atoms with Crippen molar-refractivity contribution in [2.24, 2.45) is 0 Å². The number of nitrogens with zero attached hydrogens (tertiary/aromatic N) is 1. The first kappa shape index (κ1) is 14.6. The molecule has 2 fully saturated rings. The van der Waals surface area contributed by atoms with Crippen molar-refractivity contribution in [2.45, 2.75) is 18.6 Å². The molecular weight excluding hydrogens is 290 g/mol. The van der Waals surface area contributed by atoms with E-state index in [0.717, 1.165) is 18.4 Å². The van der Waals surface area contributed by atoms with Crippen molar-refractivity contribution in [3.05, 3.63) is 40.9 Å². The van der Waals surface area contributed by atoms with E-state index in [0.29, 0.717) is 31.3 Å². The van der Waals surface area contributed by atoms with Crippen LogP contribution in [0.5, 0.6) is 0 Å². The summed E-state index contributed by atoms with van der Waals surface area (Å²) >= 11 is 5.83. The van der Waals surface area contributed by atoms with Crippen molar-refractivity contribution >= 4 is 23.6 Å². The number of rotatable bonds is 2. The van der Waals surface area contributed by atoms with Gasteiger partial charge in [0.15, 0.2) is 5.79 Å². The molecule has 0 atom stereocenters. The number of hydrogen-bond acceptors (Lipinski definition) is 3. The van der Waals surface area contributed by atoms with Crippen molar-refractivity contribution in [3.63, 3.8) is 0 Å². The van der Waals surface area contributed by atoms with E-state index in [-0.39, 0.29) is 5.91 Å². The predicted octanol–water partition coefficient (Wildman–Crippen LogP) is 2.72. The first-order valence-electron chi connectivity index (χ1n) is 7.17. The van der Waals surface area contributed by atoms with E-state index >= 15 is 0 Å². The van der Waals surface area contributed by atoms with Crippen molar-refractivity contribution in [2.75, 3.05) is 26.3 Å². The van der Waals surface area contributed by atoms with E-state index in [4.69, 9.17) is 21.1 Å². The van der Waals surface area contributed by atoms with Crippen molar-refractivity contribution in [1.82, 2.24) is 4.90 Å². The first-order chi connectivity index (χ1) is 10.2. The van der Waals surface area contributed by atoms with Crippen LogP contribution in [0.25, 0.3) is 6.08 Å². The zero-order chi connectivity index (χ0) is 14.7. The lowest BCUT2D eigenvalue weighted by Gasteiger charge is -2.37. The second-order valence-electron chi connectivity index (χ2n) is 5.32. The number of piperidine rings is 1. The van der Waals surface area contributed by atoms with E-state index < -0.39 is 5.79 Å². The van der Waals surface area contributed by atoms with Crippen LogP contribution in [-0.2, 0) is 14.3 Å². The molecule has 0 N–H and O–H groups in total. The van der Waals surface area contributed by atoms with Gasteiger partial charge in [0.25, 0.3) is 0 Å². The van der Waals surface area contributed by atoms with E-state index in [2.05, 4.69) is 0 Å². The van der Waals surface area contributed by atoms with Crippen LogP contribution in [0.3, 0.4) is 0 Å². The fraction of sp³-hybridized carbons (Fsp3) is 0.438. The molecule has 0 bridgehead atoms. The molecule has 112 valence electrons. The third-order valence-electron chi connectivity index (χ3n) is 3.94. The van der Waals surface area contributed by atoms with Crippen LogP contribution in [0.2, 0.25) is 5.02 Å². The number of ether oxygens (including phenoxy) is 2. The zero-order valence-corrected chi connectivity index (χ0v) is 12.5. The molecular formula is C16H18ClNO3. The average Bonchev–Trinajstić information content (AvgIpc) is 2.95. The molecule has 0 radical (unpaired) electrons. The lowest BCUT2D eigenvalue weighted by molar-refractivity contribution is -0.186. The van der Waals surface area contributed by atoms with Gasteiger partial charge in [-0.25, -0.2) is 0 Å². The summed E-state index contributed by atoms with van der Waals surface area (Å²) in [7, 11) is 0. The van der Waals surface area contributed by atoms with Crippen LogP contribution in [-0.4, -0.2) is 42.9 Å². The highest BCUT2D eigenvalue weighted by Crippen LogP contribution is 2.31. The summed E-state index contributed by atoms with van der Waals surface area (Å²) in [4.78, 5) is 14.0. The Morgan fingerprint density at radius 2 is 1.76 bits per heavy atom. The maximum Gasteiger partial charge on any atom is 0.246 e. The van der Waals surface area contributed by atoms with Crippen LogP contribution in [0.15, 0.2) is 30.3 Å². The standard InChI is InChI=1S/C16H18ClNO3/c17-14-4-1-13(2-5-14)3-6-15(19)18-9-7-16(8-10-18)20-11-12-21-16/h1-6H,7-12H2/b6-3+. The highest BCUT2D eigenvalue weighted by Gasteiger charge is 2.40. The summed E-state index contributed by atoms with van der Waals surface area (Å²) in [5, 5.41) is 0.691. The second-order valence-corrected chi connectivity index (χ2v) is 5.75. The Morgan fingerprint density at radius 3 is 2.38 bits per heavy atom. The van der Waals surface area contributed by atoms with Crippen LogP contribution in [0.4, 0.5) is 0 Å². The number of carbonyl (C=O) groups is 1. The number of benzene rings is 1. The Bertz CT molecular complexity index is 525. The molecule has 0 aliphatic carbocycles. The molecule has 3 rings (SSSR count). The molecule has 2 saturated heterocycles. The molecule has 1 aromatic rings. The number of amides is 1. The van der Waals surface area contributed by atoms with Crippen molar-refractivity contribution in [1.29, 1.82) is 0 Å². The van der Waals surface area contributed by atoms with E-state index in [1.165, 1.54) is 0 Å². The molecule has 1 amide bonds. The Labute approximate surface area is 129 Å². The van der Waals surface area contributed by atoms with E-state index in [1.54, 1.807) is 6.08 Å². The topological polar surface area (TPSA) is 38.8 Å². The maximum absolute atomic E-state index is 12.2. The monoisotopic (exact) mass is 307 g/mol. The molecule has 2 aliphatic rings. The van der Waals surface area contributed by atoms with Gasteiger partial charge in [-0.05, 0) is 23.8 Å². The van der Waals surface area contributed by atoms with E-state index in [1.807, 2.05) is 35.2 Å². The predicted molar refractivity (Wildman–Crippen MR) is 80.9 cm³/mol.